The zero-order chi connectivity index (χ0) is 13.8. The van der Waals surface area contributed by atoms with Crippen molar-refractivity contribution in [3.8, 4) is 0 Å². The molecule has 100 valence electrons. The lowest BCUT2D eigenvalue weighted by atomic mass is 9.99. The first-order chi connectivity index (χ1) is 9.11. The van der Waals surface area contributed by atoms with Gasteiger partial charge < -0.3 is 5.32 Å². The van der Waals surface area contributed by atoms with Crippen LogP contribution in [0.3, 0.4) is 0 Å². The van der Waals surface area contributed by atoms with E-state index < -0.39 is 5.82 Å². The molecule has 1 heterocycles. The van der Waals surface area contributed by atoms with Gasteiger partial charge in [-0.15, -0.1) is 0 Å². The topological polar surface area (TPSA) is 24.9 Å². The number of hydrogen-bond donors (Lipinski definition) is 1. The number of nitrogens with one attached hydrogen (secondary N) is 1. The Balaban J connectivity index is 2.29. The Morgan fingerprint density at radius 1 is 1.32 bits per heavy atom. The summed E-state index contributed by atoms with van der Waals surface area (Å²) >= 11 is 6.02. The Morgan fingerprint density at radius 3 is 2.79 bits per heavy atom. The third-order valence-electron chi connectivity index (χ3n) is 2.96. The fourth-order valence-corrected chi connectivity index (χ4v) is 2.15. The Hall–Kier alpha value is -1.52. The van der Waals surface area contributed by atoms with Crippen molar-refractivity contribution in [2.45, 2.75) is 12.5 Å². The van der Waals surface area contributed by atoms with Crippen molar-refractivity contribution in [2.75, 3.05) is 7.05 Å². The average molecular weight is 283 g/mol. The predicted molar refractivity (Wildman–Crippen MR) is 71.1 cm³/mol. The fraction of sp³-hybridized carbons (Fsp3) is 0.214. The Morgan fingerprint density at radius 2 is 2.11 bits per heavy atom. The molecule has 0 aliphatic heterocycles. The van der Waals surface area contributed by atoms with E-state index in [2.05, 4.69) is 10.3 Å². The van der Waals surface area contributed by atoms with Gasteiger partial charge >= 0.3 is 0 Å². The number of nitrogens with zero attached hydrogens (tertiary/aromatic N) is 1. The van der Waals surface area contributed by atoms with E-state index in [9.17, 15) is 8.78 Å². The summed E-state index contributed by atoms with van der Waals surface area (Å²) < 4.78 is 26.9. The summed E-state index contributed by atoms with van der Waals surface area (Å²) in [6.45, 7) is 0. The van der Waals surface area contributed by atoms with Crippen molar-refractivity contribution < 1.29 is 8.78 Å². The van der Waals surface area contributed by atoms with Crippen LogP contribution in [-0.2, 0) is 6.42 Å². The average Bonchev–Trinajstić information content (AvgIpc) is 2.41. The molecule has 0 radical (unpaired) electrons. The van der Waals surface area contributed by atoms with Gasteiger partial charge in [-0.05, 0) is 43.3 Å². The molecule has 1 atom stereocenters. The van der Waals surface area contributed by atoms with Gasteiger partial charge in [-0.2, -0.15) is 0 Å². The third-order valence-corrected chi connectivity index (χ3v) is 3.33. The Bertz CT molecular complexity index is 575. The SMILES string of the molecule is CNC(Cc1cc(F)ccc1Cl)c1ccncc1F. The summed E-state index contributed by atoms with van der Waals surface area (Å²) in [6, 6.07) is 5.48. The number of likely N-dealkylation sites (N-methyl/N-ethyl adjacent to an activating group) is 1. The van der Waals surface area contributed by atoms with Crippen LogP contribution in [0.4, 0.5) is 8.78 Å². The second-order valence-electron chi connectivity index (χ2n) is 4.18. The molecule has 19 heavy (non-hydrogen) atoms. The van der Waals surface area contributed by atoms with Gasteiger partial charge in [0, 0.05) is 22.8 Å². The van der Waals surface area contributed by atoms with Crippen LogP contribution in [0.25, 0.3) is 0 Å². The smallest absolute Gasteiger partial charge is 0.146 e. The van der Waals surface area contributed by atoms with Gasteiger partial charge in [0.15, 0.2) is 0 Å². The van der Waals surface area contributed by atoms with Gasteiger partial charge in [0.2, 0.25) is 0 Å². The quantitative estimate of drug-likeness (QED) is 0.928. The Kier molecular flexibility index (Phi) is 4.45. The molecule has 0 fully saturated rings. The monoisotopic (exact) mass is 282 g/mol. The van der Waals surface area contributed by atoms with Gasteiger partial charge in [-0.3, -0.25) is 4.98 Å². The highest BCUT2D eigenvalue weighted by Gasteiger charge is 2.16. The molecule has 1 unspecified atom stereocenters. The van der Waals surface area contributed by atoms with E-state index in [4.69, 9.17) is 11.6 Å². The number of hydrogen-bond acceptors (Lipinski definition) is 2. The highest BCUT2D eigenvalue weighted by Crippen LogP contribution is 2.25. The molecule has 2 rings (SSSR count). The Labute approximate surface area is 115 Å². The summed E-state index contributed by atoms with van der Waals surface area (Å²) in [5.41, 5.74) is 1.12. The van der Waals surface area contributed by atoms with Crippen molar-refractivity contribution in [1.82, 2.24) is 10.3 Å². The summed E-state index contributed by atoms with van der Waals surface area (Å²) in [4.78, 5) is 3.71. The van der Waals surface area contributed by atoms with Crippen LogP contribution in [0.2, 0.25) is 5.02 Å². The van der Waals surface area contributed by atoms with Crippen LogP contribution in [0, 0.1) is 11.6 Å². The van der Waals surface area contributed by atoms with E-state index in [1.165, 1.54) is 24.4 Å². The van der Waals surface area contributed by atoms with Crippen molar-refractivity contribution in [3.63, 3.8) is 0 Å². The molecular formula is C14H13ClF2N2. The normalized spacial score (nSPS) is 12.4. The molecule has 2 aromatic rings. The molecule has 0 bridgehead atoms. The molecule has 1 N–H and O–H groups in total. The van der Waals surface area contributed by atoms with Crippen LogP contribution >= 0.6 is 11.6 Å². The highest BCUT2D eigenvalue weighted by molar-refractivity contribution is 6.31. The molecule has 1 aromatic heterocycles. The number of benzene rings is 1. The molecule has 0 aliphatic carbocycles. The second-order valence-corrected chi connectivity index (χ2v) is 4.59. The maximum absolute atomic E-state index is 13.7. The molecule has 1 aromatic carbocycles. The number of pyridine rings is 1. The fourth-order valence-electron chi connectivity index (χ4n) is 1.96. The van der Waals surface area contributed by atoms with E-state index in [1.807, 2.05) is 0 Å². The van der Waals surface area contributed by atoms with Crippen LogP contribution in [0.5, 0.6) is 0 Å². The van der Waals surface area contributed by atoms with Gasteiger partial charge in [-0.1, -0.05) is 11.6 Å². The summed E-state index contributed by atoms with van der Waals surface area (Å²) in [6.07, 6.45) is 3.08. The molecule has 2 nitrogen and oxygen atoms in total. The molecule has 0 saturated heterocycles. The van der Waals surface area contributed by atoms with Gasteiger partial charge in [0.25, 0.3) is 0 Å². The van der Waals surface area contributed by atoms with Crippen molar-refractivity contribution in [2.24, 2.45) is 0 Å². The summed E-state index contributed by atoms with van der Waals surface area (Å²) in [5.74, 6) is -0.751. The van der Waals surface area contributed by atoms with E-state index in [1.54, 1.807) is 13.1 Å². The van der Waals surface area contributed by atoms with Gasteiger partial charge in [-0.25, -0.2) is 8.78 Å². The zero-order valence-electron chi connectivity index (χ0n) is 10.3. The minimum absolute atomic E-state index is 0.290. The lowest BCUT2D eigenvalue weighted by Gasteiger charge is -2.18. The number of halogens is 3. The third kappa shape index (κ3) is 3.28. The second kappa shape index (κ2) is 6.08. The minimum atomic E-state index is -0.394. The van der Waals surface area contributed by atoms with E-state index in [0.717, 1.165) is 6.20 Å². The number of aromatic nitrogens is 1. The molecule has 5 heteroatoms. The van der Waals surface area contributed by atoms with Crippen molar-refractivity contribution in [1.29, 1.82) is 0 Å². The lowest BCUT2D eigenvalue weighted by molar-refractivity contribution is 0.529. The molecule has 0 saturated carbocycles. The zero-order valence-corrected chi connectivity index (χ0v) is 11.1. The first kappa shape index (κ1) is 13.9. The summed E-state index contributed by atoms with van der Waals surface area (Å²) in [7, 11) is 1.72. The lowest BCUT2D eigenvalue weighted by Crippen LogP contribution is -2.20. The molecule has 0 amide bonds. The number of rotatable bonds is 4. The first-order valence-corrected chi connectivity index (χ1v) is 6.20. The van der Waals surface area contributed by atoms with E-state index >= 15 is 0 Å². The maximum atomic E-state index is 13.7. The first-order valence-electron chi connectivity index (χ1n) is 5.82. The van der Waals surface area contributed by atoms with Crippen molar-refractivity contribution in [3.05, 3.63) is 64.4 Å². The van der Waals surface area contributed by atoms with Crippen LogP contribution in [0.15, 0.2) is 36.7 Å². The van der Waals surface area contributed by atoms with E-state index in [-0.39, 0.29) is 11.9 Å². The summed E-state index contributed by atoms with van der Waals surface area (Å²) in [5, 5.41) is 3.47. The molecular weight excluding hydrogens is 270 g/mol. The van der Waals surface area contributed by atoms with Crippen molar-refractivity contribution >= 4 is 11.6 Å². The van der Waals surface area contributed by atoms with Gasteiger partial charge in [0.05, 0.1) is 6.20 Å². The molecule has 0 aliphatic rings. The van der Waals surface area contributed by atoms with Crippen LogP contribution < -0.4 is 5.32 Å². The van der Waals surface area contributed by atoms with Gasteiger partial charge in [0.1, 0.15) is 11.6 Å². The predicted octanol–water partition coefficient (Wildman–Crippen LogP) is 3.52. The largest absolute Gasteiger partial charge is 0.313 e. The standard InChI is InChI=1S/C14H13ClF2N2/c1-18-14(11-4-5-19-8-13(11)17)7-9-6-10(16)2-3-12(9)15/h2-6,8,14,18H,7H2,1H3. The maximum Gasteiger partial charge on any atom is 0.146 e. The van der Waals surface area contributed by atoms with Crippen LogP contribution in [-0.4, -0.2) is 12.0 Å². The highest BCUT2D eigenvalue weighted by atomic mass is 35.5. The molecule has 0 spiro atoms. The van der Waals surface area contributed by atoms with E-state index in [0.29, 0.717) is 22.6 Å². The van der Waals surface area contributed by atoms with Crippen LogP contribution in [0.1, 0.15) is 17.2 Å². The minimum Gasteiger partial charge on any atom is -0.313 e.